The number of unbranched alkanes of at least 4 members (excludes halogenated alkanes) is 1. The highest BCUT2D eigenvalue weighted by molar-refractivity contribution is 5.96. The van der Waals surface area contributed by atoms with E-state index in [0.29, 0.717) is 24.5 Å². The lowest BCUT2D eigenvalue weighted by Gasteiger charge is -2.09. The number of rotatable bonds is 21. The maximum Gasteiger partial charge on any atom is 0.224 e. The summed E-state index contributed by atoms with van der Waals surface area (Å²) >= 11 is 0. The molecule has 12 heteroatoms. The monoisotopic (exact) mass is 654 g/mol. The SMILES string of the molecule is O=C(CCC(=O)Nc1ccc2ncccc2c1)NCCCNCCCCNCCCNC(=O)CCC(=O)Nc1ccc2ncccc2c1. The molecule has 0 spiro atoms. The van der Waals surface area contributed by atoms with Gasteiger partial charge in [-0.3, -0.25) is 29.1 Å². The second-order valence-electron chi connectivity index (χ2n) is 11.5. The molecule has 2 aromatic heterocycles. The van der Waals surface area contributed by atoms with Crippen molar-refractivity contribution in [1.29, 1.82) is 0 Å². The quantitative estimate of drug-likeness (QED) is 0.0737. The third-order valence-corrected chi connectivity index (χ3v) is 7.59. The summed E-state index contributed by atoms with van der Waals surface area (Å²) in [7, 11) is 0. The summed E-state index contributed by atoms with van der Waals surface area (Å²) in [6.07, 6.45) is 7.73. The van der Waals surface area contributed by atoms with Gasteiger partial charge < -0.3 is 31.9 Å². The number of nitrogens with zero attached hydrogens (tertiary/aromatic N) is 2. The van der Waals surface area contributed by atoms with Crippen molar-refractivity contribution in [3.8, 4) is 0 Å². The number of aromatic nitrogens is 2. The van der Waals surface area contributed by atoms with E-state index in [0.717, 1.165) is 73.7 Å². The predicted octanol–water partition coefficient (Wildman–Crippen LogP) is 3.89. The van der Waals surface area contributed by atoms with Gasteiger partial charge in [0.25, 0.3) is 0 Å². The second-order valence-corrected chi connectivity index (χ2v) is 11.5. The molecule has 0 aliphatic heterocycles. The van der Waals surface area contributed by atoms with Crippen LogP contribution in [0.2, 0.25) is 0 Å². The average Bonchev–Trinajstić information content (AvgIpc) is 3.10. The van der Waals surface area contributed by atoms with E-state index in [9.17, 15) is 19.2 Å². The number of carbonyl (C=O) groups is 4. The minimum absolute atomic E-state index is 0.128. The van der Waals surface area contributed by atoms with Crippen molar-refractivity contribution in [2.75, 3.05) is 49.9 Å². The number of amides is 4. The van der Waals surface area contributed by atoms with Crippen LogP contribution in [-0.2, 0) is 19.2 Å². The molecule has 2 heterocycles. The fraction of sp³-hybridized carbons (Fsp3) is 0.389. The molecule has 0 aliphatic carbocycles. The van der Waals surface area contributed by atoms with Crippen LogP contribution in [0.1, 0.15) is 51.4 Å². The van der Waals surface area contributed by atoms with Crippen molar-refractivity contribution in [2.45, 2.75) is 51.4 Å². The highest BCUT2D eigenvalue weighted by Gasteiger charge is 2.09. The van der Waals surface area contributed by atoms with Gasteiger partial charge >= 0.3 is 0 Å². The Hall–Kier alpha value is -4.94. The summed E-state index contributed by atoms with van der Waals surface area (Å²) in [5, 5.41) is 20.1. The number of hydrogen-bond donors (Lipinski definition) is 6. The van der Waals surface area contributed by atoms with E-state index in [1.165, 1.54) is 0 Å². The van der Waals surface area contributed by atoms with E-state index < -0.39 is 0 Å². The third kappa shape index (κ3) is 13.4. The molecule has 0 saturated carbocycles. The summed E-state index contributed by atoms with van der Waals surface area (Å²) in [4.78, 5) is 57.2. The number of hydrogen-bond acceptors (Lipinski definition) is 8. The maximum absolute atomic E-state index is 12.2. The predicted molar refractivity (Wildman–Crippen MR) is 189 cm³/mol. The van der Waals surface area contributed by atoms with Gasteiger partial charge in [0.05, 0.1) is 11.0 Å². The second kappa shape index (κ2) is 20.3. The van der Waals surface area contributed by atoms with E-state index in [-0.39, 0.29) is 49.3 Å². The molecule has 0 bridgehead atoms. The Bertz CT molecular complexity index is 1530. The molecule has 0 unspecified atom stereocenters. The van der Waals surface area contributed by atoms with E-state index in [2.05, 4.69) is 41.9 Å². The zero-order valence-corrected chi connectivity index (χ0v) is 27.4. The molecule has 0 atom stereocenters. The normalized spacial score (nSPS) is 10.9. The lowest BCUT2D eigenvalue weighted by Crippen LogP contribution is -2.29. The highest BCUT2D eigenvalue weighted by Crippen LogP contribution is 2.18. The fourth-order valence-corrected chi connectivity index (χ4v) is 5.02. The van der Waals surface area contributed by atoms with E-state index >= 15 is 0 Å². The van der Waals surface area contributed by atoms with Crippen LogP contribution in [0.15, 0.2) is 73.1 Å². The Morgan fingerprint density at radius 1 is 0.479 bits per heavy atom. The van der Waals surface area contributed by atoms with Gasteiger partial charge in [0.1, 0.15) is 0 Å². The highest BCUT2D eigenvalue weighted by atomic mass is 16.2. The molecule has 254 valence electrons. The Kier molecular flexibility index (Phi) is 15.2. The van der Waals surface area contributed by atoms with Crippen molar-refractivity contribution >= 4 is 56.8 Å². The van der Waals surface area contributed by atoms with Gasteiger partial charge in [0.15, 0.2) is 0 Å². The summed E-state index contributed by atoms with van der Waals surface area (Å²) in [5.74, 6) is -0.642. The van der Waals surface area contributed by atoms with Crippen molar-refractivity contribution in [3.63, 3.8) is 0 Å². The van der Waals surface area contributed by atoms with Crippen LogP contribution in [0.25, 0.3) is 21.8 Å². The van der Waals surface area contributed by atoms with Crippen LogP contribution in [-0.4, -0.2) is 72.9 Å². The molecule has 0 aliphatic rings. The zero-order chi connectivity index (χ0) is 33.8. The molecule has 4 rings (SSSR count). The van der Waals surface area contributed by atoms with E-state index in [1.807, 2.05) is 60.7 Å². The average molecular weight is 655 g/mol. The summed E-state index contributed by atoms with van der Waals surface area (Å²) in [6, 6.07) is 18.6. The van der Waals surface area contributed by atoms with Gasteiger partial charge in [-0.1, -0.05) is 12.1 Å². The Labute approximate surface area is 281 Å². The number of anilines is 2. The van der Waals surface area contributed by atoms with Gasteiger partial charge in [0.2, 0.25) is 23.6 Å². The van der Waals surface area contributed by atoms with Gasteiger partial charge in [-0.15, -0.1) is 0 Å². The fourth-order valence-electron chi connectivity index (χ4n) is 5.02. The van der Waals surface area contributed by atoms with Gasteiger partial charge in [-0.2, -0.15) is 0 Å². The molecule has 0 saturated heterocycles. The van der Waals surface area contributed by atoms with Gasteiger partial charge in [-0.05, 0) is 100 Å². The summed E-state index contributed by atoms with van der Waals surface area (Å²) in [5.41, 5.74) is 3.11. The number of nitrogens with one attached hydrogen (secondary N) is 6. The maximum atomic E-state index is 12.2. The summed E-state index contributed by atoms with van der Waals surface area (Å²) < 4.78 is 0. The summed E-state index contributed by atoms with van der Waals surface area (Å²) in [6.45, 7) is 4.57. The Balaban J connectivity index is 0.891. The van der Waals surface area contributed by atoms with E-state index in [1.54, 1.807) is 12.4 Å². The first-order valence-electron chi connectivity index (χ1n) is 16.7. The molecular weight excluding hydrogens is 608 g/mol. The minimum atomic E-state index is -0.193. The molecule has 4 aromatic rings. The zero-order valence-electron chi connectivity index (χ0n) is 27.4. The van der Waals surface area contributed by atoms with Gasteiger partial charge in [-0.25, -0.2) is 0 Å². The molecule has 48 heavy (non-hydrogen) atoms. The van der Waals surface area contributed by atoms with Crippen molar-refractivity contribution in [1.82, 2.24) is 31.2 Å². The molecule has 4 amide bonds. The van der Waals surface area contributed by atoms with Gasteiger partial charge in [0, 0.05) is 73.3 Å². The molecular formula is C36H46N8O4. The lowest BCUT2D eigenvalue weighted by molar-refractivity contribution is -0.124. The number of benzene rings is 2. The van der Waals surface area contributed by atoms with Crippen LogP contribution in [0.4, 0.5) is 11.4 Å². The van der Waals surface area contributed by atoms with Crippen LogP contribution in [0.3, 0.4) is 0 Å². The number of fused-ring (bicyclic) bond motifs is 2. The van der Waals surface area contributed by atoms with Crippen molar-refractivity contribution in [3.05, 3.63) is 73.1 Å². The first-order valence-corrected chi connectivity index (χ1v) is 16.7. The molecule has 12 nitrogen and oxygen atoms in total. The third-order valence-electron chi connectivity index (χ3n) is 7.59. The van der Waals surface area contributed by atoms with Crippen molar-refractivity contribution in [2.24, 2.45) is 0 Å². The topological polar surface area (TPSA) is 166 Å². The van der Waals surface area contributed by atoms with Crippen LogP contribution < -0.4 is 31.9 Å². The Morgan fingerprint density at radius 3 is 1.35 bits per heavy atom. The first kappa shape index (κ1) is 35.9. The van der Waals surface area contributed by atoms with Crippen LogP contribution in [0, 0.1) is 0 Å². The van der Waals surface area contributed by atoms with Crippen molar-refractivity contribution < 1.29 is 19.2 Å². The minimum Gasteiger partial charge on any atom is -0.356 e. The van der Waals surface area contributed by atoms with Crippen LogP contribution in [0.5, 0.6) is 0 Å². The number of carbonyl (C=O) groups excluding carboxylic acids is 4. The van der Waals surface area contributed by atoms with E-state index in [4.69, 9.17) is 0 Å². The molecule has 2 aromatic carbocycles. The standard InChI is InChI=1S/C36H46N8O4/c45-33(13-15-35(47)43-29-9-11-31-27(25-29)7-3-21-39-31)41-23-5-19-37-17-1-2-18-38-20-6-24-42-34(46)14-16-36(48)44-30-10-12-32-28(26-30)8-4-22-40-32/h3-4,7-12,21-22,25-26,37-38H,1-2,5-6,13-20,23-24H2,(H,41,45)(H,42,46)(H,43,47)(H,44,48). The lowest BCUT2D eigenvalue weighted by atomic mass is 10.2. The number of pyridine rings is 2. The molecule has 0 radical (unpaired) electrons. The smallest absolute Gasteiger partial charge is 0.224 e. The van der Waals surface area contributed by atoms with Crippen LogP contribution >= 0.6 is 0 Å². The largest absolute Gasteiger partial charge is 0.356 e. The Morgan fingerprint density at radius 2 is 0.896 bits per heavy atom. The molecule has 0 fully saturated rings. The molecule has 6 N–H and O–H groups in total. The first-order chi connectivity index (χ1) is 23.5.